The van der Waals surface area contributed by atoms with Crippen LogP contribution in [0.5, 0.6) is 11.5 Å². The topological polar surface area (TPSA) is 54.0 Å². The Kier molecular flexibility index (Phi) is 8.55. The maximum absolute atomic E-state index is 12.5. The van der Waals surface area contributed by atoms with Gasteiger partial charge in [-0.1, -0.05) is 18.2 Å². The Morgan fingerprint density at radius 2 is 1.71 bits per heavy atom. The maximum atomic E-state index is 12.5. The van der Waals surface area contributed by atoms with Gasteiger partial charge in [-0.15, -0.1) is 11.8 Å². The van der Waals surface area contributed by atoms with Crippen LogP contribution in [-0.4, -0.2) is 57.5 Å². The molecule has 0 radical (unpaired) electrons. The molecule has 1 saturated heterocycles. The van der Waals surface area contributed by atoms with Gasteiger partial charge in [-0.2, -0.15) is 0 Å². The van der Waals surface area contributed by atoms with Gasteiger partial charge in [-0.3, -0.25) is 9.69 Å². The predicted octanol–water partition coefficient (Wildman–Crippen LogP) is 4.68. The summed E-state index contributed by atoms with van der Waals surface area (Å²) in [5, 5.41) is 3.04. The van der Waals surface area contributed by atoms with Crippen LogP contribution in [0.15, 0.2) is 71.6 Å². The van der Waals surface area contributed by atoms with Gasteiger partial charge < -0.3 is 19.7 Å². The summed E-state index contributed by atoms with van der Waals surface area (Å²) in [6, 6.07) is 22.2. The Hall–Kier alpha value is -3.16. The molecule has 1 heterocycles. The number of anilines is 1. The highest BCUT2D eigenvalue weighted by atomic mass is 32.2. The Balaban J connectivity index is 1.30. The van der Waals surface area contributed by atoms with E-state index in [-0.39, 0.29) is 5.91 Å². The first-order valence-electron chi connectivity index (χ1n) is 11.8. The minimum atomic E-state index is -0.0503. The minimum Gasteiger partial charge on any atom is -0.497 e. The number of benzene rings is 3. The quantitative estimate of drug-likeness (QED) is 0.439. The number of nitrogens with zero attached hydrogens (tertiary/aromatic N) is 2. The number of carbonyl (C=O) groups is 1. The van der Waals surface area contributed by atoms with Gasteiger partial charge in [-0.05, 0) is 54.3 Å². The van der Waals surface area contributed by atoms with Crippen molar-refractivity contribution in [1.82, 2.24) is 10.2 Å². The van der Waals surface area contributed by atoms with Crippen molar-refractivity contribution in [1.29, 1.82) is 0 Å². The van der Waals surface area contributed by atoms with E-state index < -0.39 is 0 Å². The lowest BCUT2D eigenvalue weighted by Crippen LogP contribution is -2.46. The molecule has 3 aromatic carbocycles. The molecular formula is C28H33N3O3S. The van der Waals surface area contributed by atoms with Crippen molar-refractivity contribution in [2.75, 3.05) is 51.6 Å². The molecule has 1 amide bonds. The van der Waals surface area contributed by atoms with E-state index in [0.717, 1.165) is 54.7 Å². The molecule has 0 aliphatic carbocycles. The third kappa shape index (κ3) is 6.50. The van der Waals surface area contributed by atoms with E-state index in [1.807, 2.05) is 42.7 Å². The van der Waals surface area contributed by atoms with Crippen molar-refractivity contribution >= 4 is 23.4 Å². The van der Waals surface area contributed by atoms with Crippen molar-refractivity contribution in [2.24, 2.45) is 0 Å². The number of ether oxygens (including phenoxy) is 2. The molecule has 1 aliphatic rings. The van der Waals surface area contributed by atoms with Crippen LogP contribution in [0.1, 0.15) is 21.5 Å². The summed E-state index contributed by atoms with van der Waals surface area (Å²) in [6.07, 6.45) is 2.03. The average Bonchev–Trinajstić information content (AvgIpc) is 2.92. The zero-order chi connectivity index (χ0) is 24.6. The average molecular weight is 492 g/mol. The molecule has 4 rings (SSSR count). The monoisotopic (exact) mass is 491 g/mol. The first kappa shape index (κ1) is 24.9. The van der Waals surface area contributed by atoms with Crippen molar-refractivity contribution in [3.63, 3.8) is 0 Å². The van der Waals surface area contributed by atoms with E-state index in [4.69, 9.17) is 9.47 Å². The van der Waals surface area contributed by atoms with Gasteiger partial charge in [0.1, 0.15) is 11.5 Å². The van der Waals surface area contributed by atoms with Crippen LogP contribution >= 0.6 is 11.8 Å². The lowest BCUT2D eigenvalue weighted by atomic mass is 10.1. The molecule has 0 spiro atoms. The number of hydrogen-bond donors (Lipinski definition) is 1. The van der Waals surface area contributed by atoms with Crippen LogP contribution in [0.25, 0.3) is 0 Å². The molecule has 35 heavy (non-hydrogen) atoms. The van der Waals surface area contributed by atoms with E-state index in [0.29, 0.717) is 12.1 Å². The van der Waals surface area contributed by atoms with Gasteiger partial charge in [0, 0.05) is 67.0 Å². The summed E-state index contributed by atoms with van der Waals surface area (Å²) in [4.78, 5) is 18.5. The van der Waals surface area contributed by atoms with Crippen LogP contribution in [0.3, 0.4) is 0 Å². The van der Waals surface area contributed by atoms with Crippen LogP contribution in [-0.2, 0) is 13.1 Å². The SMILES string of the molecule is COc1ccc(CN2CCN(c3cccc(CNC(=O)c4ccc(SC)cc4)c3)CC2)c(OC)c1. The molecule has 6 nitrogen and oxygen atoms in total. The van der Waals surface area contributed by atoms with E-state index in [9.17, 15) is 4.79 Å². The minimum absolute atomic E-state index is 0.0503. The van der Waals surface area contributed by atoms with E-state index in [2.05, 4.69) is 45.4 Å². The van der Waals surface area contributed by atoms with E-state index in [1.165, 1.54) is 11.3 Å². The number of piperazine rings is 1. The molecule has 0 bridgehead atoms. The fourth-order valence-corrected chi connectivity index (χ4v) is 4.69. The van der Waals surface area contributed by atoms with Crippen LogP contribution in [0, 0.1) is 0 Å². The highest BCUT2D eigenvalue weighted by Crippen LogP contribution is 2.27. The summed E-state index contributed by atoms with van der Waals surface area (Å²) in [5.74, 6) is 1.62. The number of carbonyl (C=O) groups excluding carboxylic acids is 1. The van der Waals surface area contributed by atoms with Crippen LogP contribution in [0.4, 0.5) is 5.69 Å². The zero-order valence-corrected chi connectivity index (χ0v) is 21.4. The number of hydrogen-bond acceptors (Lipinski definition) is 6. The molecule has 184 valence electrons. The summed E-state index contributed by atoms with van der Waals surface area (Å²) in [5.41, 5.74) is 4.15. The predicted molar refractivity (Wildman–Crippen MR) is 143 cm³/mol. The van der Waals surface area contributed by atoms with Gasteiger partial charge in [0.15, 0.2) is 0 Å². The van der Waals surface area contributed by atoms with E-state index >= 15 is 0 Å². The normalized spacial score (nSPS) is 14.0. The molecule has 3 aromatic rings. The van der Waals surface area contributed by atoms with Gasteiger partial charge in [0.25, 0.3) is 5.91 Å². The van der Waals surface area contributed by atoms with E-state index in [1.54, 1.807) is 26.0 Å². The standard InChI is InChI=1S/C28H33N3O3S/c1-33-25-10-7-23(27(18-25)34-2)20-30-13-15-31(16-14-30)24-6-4-5-21(17-24)19-29-28(32)22-8-11-26(35-3)12-9-22/h4-12,17-18H,13-16,19-20H2,1-3H3,(H,29,32). The van der Waals surface area contributed by atoms with Crippen molar-refractivity contribution in [2.45, 2.75) is 18.0 Å². The van der Waals surface area contributed by atoms with Crippen molar-refractivity contribution < 1.29 is 14.3 Å². The lowest BCUT2D eigenvalue weighted by Gasteiger charge is -2.36. The second-order valence-corrected chi connectivity index (χ2v) is 9.40. The lowest BCUT2D eigenvalue weighted by molar-refractivity contribution is 0.0951. The van der Waals surface area contributed by atoms with Gasteiger partial charge in [-0.25, -0.2) is 0 Å². The van der Waals surface area contributed by atoms with Crippen molar-refractivity contribution in [3.05, 3.63) is 83.4 Å². The Morgan fingerprint density at radius 3 is 2.40 bits per heavy atom. The molecule has 1 aliphatic heterocycles. The van der Waals surface area contributed by atoms with Crippen molar-refractivity contribution in [3.8, 4) is 11.5 Å². The Labute approximate surface area is 212 Å². The fourth-order valence-electron chi connectivity index (χ4n) is 4.28. The molecule has 0 saturated carbocycles. The van der Waals surface area contributed by atoms with Crippen LogP contribution in [0.2, 0.25) is 0 Å². The number of rotatable bonds is 9. The summed E-state index contributed by atoms with van der Waals surface area (Å²) in [7, 11) is 3.37. The third-order valence-electron chi connectivity index (χ3n) is 6.34. The number of amides is 1. The largest absolute Gasteiger partial charge is 0.497 e. The smallest absolute Gasteiger partial charge is 0.251 e. The molecule has 7 heteroatoms. The molecule has 0 atom stereocenters. The highest BCUT2D eigenvalue weighted by Gasteiger charge is 2.19. The molecule has 0 unspecified atom stereocenters. The summed E-state index contributed by atoms with van der Waals surface area (Å²) < 4.78 is 10.9. The van der Waals surface area contributed by atoms with Gasteiger partial charge in [0.2, 0.25) is 0 Å². The van der Waals surface area contributed by atoms with Gasteiger partial charge in [0.05, 0.1) is 14.2 Å². The van der Waals surface area contributed by atoms with Gasteiger partial charge >= 0.3 is 0 Å². The van der Waals surface area contributed by atoms with Crippen LogP contribution < -0.4 is 19.7 Å². The number of methoxy groups -OCH3 is 2. The maximum Gasteiger partial charge on any atom is 0.251 e. The first-order chi connectivity index (χ1) is 17.1. The number of thioether (sulfide) groups is 1. The fraction of sp³-hybridized carbons (Fsp3) is 0.321. The highest BCUT2D eigenvalue weighted by molar-refractivity contribution is 7.98. The Bertz CT molecular complexity index is 1130. The molecule has 0 aromatic heterocycles. The number of nitrogens with one attached hydrogen (secondary N) is 1. The first-order valence-corrected chi connectivity index (χ1v) is 13.0. The molecular weight excluding hydrogens is 458 g/mol. The Morgan fingerprint density at radius 1 is 0.943 bits per heavy atom. The second kappa shape index (κ2) is 12.0. The molecule has 1 N–H and O–H groups in total. The summed E-state index contributed by atoms with van der Waals surface area (Å²) >= 11 is 1.67. The second-order valence-electron chi connectivity index (χ2n) is 8.52. The molecule has 1 fully saturated rings. The summed E-state index contributed by atoms with van der Waals surface area (Å²) in [6.45, 7) is 5.22. The third-order valence-corrected chi connectivity index (χ3v) is 7.09. The zero-order valence-electron chi connectivity index (χ0n) is 20.6.